The highest BCUT2D eigenvalue weighted by Gasteiger charge is 1.34. The number of nitriles is 1. The molecule has 0 saturated carbocycles. The molecule has 0 aliphatic carbocycles. The second-order valence-electron chi connectivity index (χ2n) is 0.333. The van der Waals surface area contributed by atoms with E-state index in [4.69, 9.17) is 5.26 Å². The van der Waals surface area contributed by atoms with Gasteiger partial charge in [0, 0.05) is 6.08 Å². The van der Waals surface area contributed by atoms with Crippen LogP contribution in [0.1, 0.15) is 0 Å². The van der Waals surface area contributed by atoms with Gasteiger partial charge in [-0.1, -0.05) is 6.58 Å². The van der Waals surface area contributed by atoms with Gasteiger partial charge in [-0.05, 0) is 0 Å². The van der Waals surface area contributed by atoms with Crippen molar-refractivity contribution in [3.05, 3.63) is 12.7 Å². The number of hydrogen-bond donors (Lipinski definition) is 0. The highest BCUT2D eigenvalue weighted by atomic mass is 14.3. The fourth-order valence-corrected chi connectivity index (χ4v) is 0. The Labute approximate surface area is 25.2 Å². The largest absolute Gasteiger partial charge is 0.193 e. The van der Waals surface area contributed by atoms with Gasteiger partial charge in [-0.15, -0.1) is 0 Å². The van der Waals surface area contributed by atoms with Crippen LogP contribution in [0.15, 0.2) is 12.7 Å². The van der Waals surface area contributed by atoms with Crippen LogP contribution in [0.3, 0.4) is 0 Å². The molecule has 0 fully saturated rings. The summed E-state index contributed by atoms with van der Waals surface area (Å²) in [6.45, 7) is 3.12. The third-order valence-electron chi connectivity index (χ3n) is 0.0913. The van der Waals surface area contributed by atoms with Gasteiger partial charge in [0.25, 0.3) is 0 Å². The van der Waals surface area contributed by atoms with E-state index in [9.17, 15) is 0 Å². The first-order valence-corrected chi connectivity index (χ1v) is 0.921. The summed E-state index contributed by atoms with van der Waals surface area (Å²) in [6, 6.07) is 1.69. The molecule has 20 valence electrons. The van der Waals surface area contributed by atoms with Crippen LogP contribution < -0.4 is 0 Å². The monoisotopic (exact) mass is 54.0 g/mol. The van der Waals surface area contributed by atoms with Crippen molar-refractivity contribution in [2.75, 3.05) is 0 Å². The lowest BCUT2D eigenvalue weighted by Crippen LogP contribution is -1.23. The van der Waals surface area contributed by atoms with E-state index < -0.39 is 0 Å². The lowest BCUT2D eigenvalue weighted by atomic mass is 11.1. The van der Waals surface area contributed by atoms with Gasteiger partial charge in [0.2, 0.25) is 0 Å². The molecule has 0 spiro atoms. The van der Waals surface area contributed by atoms with E-state index in [2.05, 4.69) is 6.58 Å². The number of rotatable bonds is 0. The standard InChI is InChI=1S/C3H3N/c1-2-3-4/h2H,1H2/i2+1. The molecule has 0 aromatic heterocycles. The topological polar surface area (TPSA) is 23.8 Å². The average Bonchev–Trinajstić information content (AvgIpc) is 1.37. The van der Waals surface area contributed by atoms with Gasteiger partial charge >= 0.3 is 0 Å². The highest BCUT2D eigenvalue weighted by Crippen LogP contribution is 1.41. The van der Waals surface area contributed by atoms with Crippen molar-refractivity contribution >= 4 is 0 Å². The Hall–Kier alpha value is -0.770. The zero-order chi connectivity index (χ0) is 3.41. The number of hydrogen-bond acceptors (Lipinski definition) is 1. The molecule has 4 heavy (non-hydrogen) atoms. The maximum absolute atomic E-state index is 7.51. The van der Waals surface area contributed by atoms with Crippen molar-refractivity contribution in [1.82, 2.24) is 0 Å². The summed E-state index contributed by atoms with van der Waals surface area (Å²) in [5, 5.41) is 7.51. The molecule has 0 saturated heterocycles. The van der Waals surface area contributed by atoms with Crippen LogP contribution in [0.5, 0.6) is 0 Å². The molecule has 0 unspecified atom stereocenters. The molecule has 0 heterocycles. The van der Waals surface area contributed by atoms with Crippen LogP contribution in [0.4, 0.5) is 0 Å². The van der Waals surface area contributed by atoms with Crippen molar-refractivity contribution in [2.45, 2.75) is 0 Å². The fourth-order valence-electron chi connectivity index (χ4n) is 0. The molecule has 0 aliphatic rings. The van der Waals surface area contributed by atoms with Crippen molar-refractivity contribution in [1.29, 1.82) is 5.26 Å². The first-order valence-electron chi connectivity index (χ1n) is 0.921. The van der Waals surface area contributed by atoms with Gasteiger partial charge in [0.05, 0.1) is 6.07 Å². The van der Waals surface area contributed by atoms with Crippen LogP contribution >= 0.6 is 0 Å². The molecular weight excluding hydrogens is 51.0 g/mol. The minimum Gasteiger partial charge on any atom is -0.193 e. The second-order valence-corrected chi connectivity index (χ2v) is 0.333. The molecule has 0 atom stereocenters. The van der Waals surface area contributed by atoms with E-state index in [-0.39, 0.29) is 0 Å². The zero-order valence-electron chi connectivity index (χ0n) is 2.23. The van der Waals surface area contributed by atoms with Crippen LogP contribution in [-0.4, -0.2) is 0 Å². The molecule has 0 amide bonds. The summed E-state index contributed by atoms with van der Waals surface area (Å²) in [5.41, 5.74) is 0. The minimum absolute atomic E-state index is 1.18. The Balaban J connectivity index is 2.92. The van der Waals surface area contributed by atoms with Crippen LogP contribution in [-0.2, 0) is 0 Å². The third-order valence-corrected chi connectivity index (χ3v) is 0.0913. The normalized spacial score (nSPS) is 3.75. The predicted molar refractivity (Wildman–Crippen MR) is 15.8 cm³/mol. The van der Waals surface area contributed by atoms with E-state index in [0.717, 1.165) is 0 Å². The summed E-state index contributed by atoms with van der Waals surface area (Å²) in [7, 11) is 0. The molecule has 1 heteroatoms. The Morgan fingerprint density at radius 1 is 2.00 bits per heavy atom. The van der Waals surface area contributed by atoms with Crippen molar-refractivity contribution in [3.63, 3.8) is 0 Å². The Morgan fingerprint density at radius 3 is 2.25 bits per heavy atom. The summed E-state index contributed by atoms with van der Waals surface area (Å²) in [6.07, 6.45) is 1.18. The van der Waals surface area contributed by atoms with E-state index in [1.807, 2.05) is 0 Å². The van der Waals surface area contributed by atoms with Gasteiger partial charge in [0.15, 0.2) is 0 Å². The summed E-state index contributed by atoms with van der Waals surface area (Å²) < 4.78 is 0. The van der Waals surface area contributed by atoms with Crippen molar-refractivity contribution < 1.29 is 0 Å². The van der Waals surface area contributed by atoms with Crippen molar-refractivity contribution in [3.8, 4) is 6.07 Å². The predicted octanol–water partition coefficient (Wildman–Crippen LogP) is 0.696. The van der Waals surface area contributed by atoms with Crippen LogP contribution in [0, 0.1) is 11.3 Å². The van der Waals surface area contributed by atoms with Crippen molar-refractivity contribution in [2.24, 2.45) is 0 Å². The quantitative estimate of drug-likeness (QED) is 0.295. The molecule has 1 nitrogen and oxygen atoms in total. The molecule has 0 aliphatic heterocycles. The summed E-state index contributed by atoms with van der Waals surface area (Å²) >= 11 is 0. The molecule has 0 rings (SSSR count). The van der Waals surface area contributed by atoms with Gasteiger partial charge in [-0.25, -0.2) is 0 Å². The molecule has 0 radical (unpaired) electrons. The zero-order valence-corrected chi connectivity index (χ0v) is 2.23. The molecule has 0 aromatic carbocycles. The van der Waals surface area contributed by atoms with E-state index in [1.165, 1.54) is 6.08 Å². The maximum Gasteiger partial charge on any atom is 0.0905 e. The van der Waals surface area contributed by atoms with Gasteiger partial charge in [-0.3, -0.25) is 0 Å². The number of nitrogens with zero attached hydrogens (tertiary/aromatic N) is 1. The van der Waals surface area contributed by atoms with E-state index in [0.29, 0.717) is 0 Å². The molecule has 0 bridgehead atoms. The Morgan fingerprint density at radius 2 is 2.25 bits per heavy atom. The van der Waals surface area contributed by atoms with E-state index >= 15 is 0 Å². The highest BCUT2D eigenvalue weighted by molar-refractivity contribution is 4.93. The van der Waals surface area contributed by atoms with Crippen LogP contribution in [0.25, 0.3) is 0 Å². The smallest absolute Gasteiger partial charge is 0.0905 e. The molecular formula is C3H3N. The lowest BCUT2D eigenvalue weighted by molar-refractivity contribution is 1.54. The Bertz CT molecular complexity index is 48.8. The SMILES string of the molecule is C=[13CH]C#N. The minimum atomic E-state index is 1.18. The van der Waals surface area contributed by atoms with Gasteiger partial charge in [0.1, 0.15) is 0 Å². The van der Waals surface area contributed by atoms with Gasteiger partial charge in [-0.2, -0.15) is 5.26 Å². The summed E-state index contributed by atoms with van der Waals surface area (Å²) in [5.74, 6) is 0. The first kappa shape index (κ1) is 3.23. The maximum atomic E-state index is 7.51. The first-order chi connectivity index (χ1) is 1.91. The van der Waals surface area contributed by atoms with Gasteiger partial charge < -0.3 is 0 Å². The molecule has 0 N–H and O–H groups in total. The second kappa shape index (κ2) is 2.23. The molecule has 0 aromatic rings. The third kappa shape index (κ3) is 1.23. The number of allylic oxidation sites excluding steroid dienone is 1. The van der Waals surface area contributed by atoms with E-state index in [1.54, 1.807) is 6.07 Å². The lowest BCUT2D eigenvalue weighted by Gasteiger charge is -1.31. The summed E-state index contributed by atoms with van der Waals surface area (Å²) in [4.78, 5) is 0. The van der Waals surface area contributed by atoms with Crippen LogP contribution in [0.2, 0.25) is 0 Å². The fraction of sp³-hybridized carbons (Fsp3) is 0. The average molecular weight is 54.1 g/mol. The Kier molecular flexibility index (Phi) is 1.80.